The summed E-state index contributed by atoms with van der Waals surface area (Å²) in [6.45, 7) is 4.15. The largest absolute Gasteiger partial charge is 0.504 e. The maximum absolute atomic E-state index is 10.5. The minimum atomic E-state index is 0.0270. The van der Waals surface area contributed by atoms with Crippen LogP contribution in [0.2, 0.25) is 0 Å². The second-order valence-corrected chi connectivity index (χ2v) is 3.78. The average molecular weight is 222 g/mol. The highest BCUT2D eigenvalue weighted by atomic mass is 16.5. The van der Waals surface area contributed by atoms with Gasteiger partial charge in [0.25, 0.3) is 0 Å². The first-order chi connectivity index (χ1) is 7.71. The summed E-state index contributed by atoms with van der Waals surface area (Å²) in [5.74, 6) is 0.477. The summed E-state index contributed by atoms with van der Waals surface area (Å²) in [5.41, 5.74) is 0.452. The second kappa shape index (κ2) is 6.16. The van der Waals surface area contributed by atoms with Crippen LogP contribution in [-0.2, 0) is 0 Å². The molecule has 3 nitrogen and oxygen atoms in total. The summed E-state index contributed by atoms with van der Waals surface area (Å²) in [4.78, 5) is 10.5. The van der Waals surface area contributed by atoms with Crippen molar-refractivity contribution in [3.05, 3.63) is 23.8 Å². The van der Waals surface area contributed by atoms with Gasteiger partial charge in [0.2, 0.25) is 0 Å². The highest BCUT2D eigenvalue weighted by Gasteiger charge is 2.10. The van der Waals surface area contributed by atoms with Crippen molar-refractivity contribution in [2.75, 3.05) is 0 Å². The Morgan fingerprint density at radius 2 is 2.19 bits per heavy atom. The molecule has 0 spiro atoms. The average Bonchev–Trinajstić information content (AvgIpc) is 2.30. The summed E-state index contributed by atoms with van der Waals surface area (Å²) in [5, 5.41) is 9.65. The van der Waals surface area contributed by atoms with Gasteiger partial charge in [0.15, 0.2) is 11.5 Å². The lowest BCUT2D eigenvalue weighted by molar-refractivity contribution is 0.112. The monoisotopic (exact) mass is 222 g/mol. The Balaban J connectivity index is 2.76. The lowest BCUT2D eigenvalue weighted by Crippen LogP contribution is -2.14. The van der Waals surface area contributed by atoms with Crippen molar-refractivity contribution in [1.82, 2.24) is 0 Å². The van der Waals surface area contributed by atoms with Gasteiger partial charge in [0.1, 0.15) is 6.29 Å². The molecule has 0 saturated heterocycles. The van der Waals surface area contributed by atoms with E-state index in [9.17, 15) is 9.90 Å². The number of phenolic OH excluding ortho intramolecular Hbond substituents is 1. The molecule has 1 rings (SSSR count). The minimum absolute atomic E-state index is 0.0270. The van der Waals surface area contributed by atoms with Crippen molar-refractivity contribution >= 4 is 6.29 Å². The molecule has 0 aromatic heterocycles. The topological polar surface area (TPSA) is 46.5 Å². The molecule has 1 aromatic carbocycles. The van der Waals surface area contributed by atoms with E-state index in [2.05, 4.69) is 13.8 Å². The van der Waals surface area contributed by atoms with Crippen LogP contribution < -0.4 is 4.74 Å². The normalized spacial score (nSPS) is 12.1. The van der Waals surface area contributed by atoms with Gasteiger partial charge in [-0.2, -0.15) is 0 Å². The Hall–Kier alpha value is -1.51. The number of benzene rings is 1. The molecule has 16 heavy (non-hydrogen) atoms. The zero-order valence-corrected chi connectivity index (χ0v) is 9.77. The van der Waals surface area contributed by atoms with Crippen LogP contribution in [0.25, 0.3) is 0 Å². The van der Waals surface area contributed by atoms with E-state index in [1.165, 1.54) is 6.07 Å². The number of phenols is 1. The Morgan fingerprint density at radius 3 is 2.69 bits per heavy atom. The zero-order chi connectivity index (χ0) is 12.0. The van der Waals surface area contributed by atoms with Gasteiger partial charge < -0.3 is 9.84 Å². The molecule has 0 fully saturated rings. The summed E-state index contributed by atoms with van der Waals surface area (Å²) in [7, 11) is 0. The Labute approximate surface area is 96.1 Å². The number of aromatic hydroxyl groups is 1. The Bertz CT molecular complexity index is 347. The van der Waals surface area contributed by atoms with Crippen LogP contribution in [0, 0.1) is 0 Å². The molecule has 1 atom stereocenters. The number of rotatable bonds is 6. The van der Waals surface area contributed by atoms with Gasteiger partial charge in [0.05, 0.1) is 6.10 Å². The molecule has 3 heteroatoms. The zero-order valence-electron chi connectivity index (χ0n) is 9.77. The lowest BCUT2D eigenvalue weighted by Gasteiger charge is -2.17. The minimum Gasteiger partial charge on any atom is -0.504 e. The molecule has 88 valence electrons. The van der Waals surface area contributed by atoms with Crippen LogP contribution >= 0.6 is 0 Å². The molecule has 0 radical (unpaired) electrons. The predicted octanol–water partition coefficient (Wildman–Crippen LogP) is 3.16. The summed E-state index contributed by atoms with van der Waals surface area (Å²) < 4.78 is 5.67. The van der Waals surface area contributed by atoms with Gasteiger partial charge >= 0.3 is 0 Å². The quantitative estimate of drug-likeness (QED) is 0.752. The summed E-state index contributed by atoms with van der Waals surface area (Å²) in [6, 6.07) is 4.69. The number of carbonyl (C=O) groups excluding carboxylic acids is 1. The van der Waals surface area contributed by atoms with Crippen LogP contribution in [0.5, 0.6) is 11.5 Å². The van der Waals surface area contributed by atoms with Crippen molar-refractivity contribution < 1.29 is 14.6 Å². The molecule has 0 aliphatic heterocycles. The number of ether oxygens (including phenoxy) is 1. The van der Waals surface area contributed by atoms with Gasteiger partial charge in [-0.25, -0.2) is 0 Å². The Morgan fingerprint density at radius 1 is 1.44 bits per heavy atom. The first-order valence-electron chi connectivity index (χ1n) is 5.66. The van der Waals surface area contributed by atoms with Crippen molar-refractivity contribution in [3.63, 3.8) is 0 Å². The van der Waals surface area contributed by atoms with Crippen molar-refractivity contribution in [1.29, 1.82) is 0 Å². The fourth-order valence-corrected chi connectivity index (χ4v) is 1.56. The first kappa shape index (κ1) is 12.6. The molecular weight excluding hydrogens is 204 g/mol. The molecule has 0 amide bonds. The third kappa shape index (κ3) is 3.26. The van der Waals surface area contributed by atoms with Gasteiger partial charge in [-0.1, -0.05) is 20.3 Å². The molecule has 0 saturated carbocycles. The third-order valence-corrected chi connectivity index (χ3v) is 2.48. The maximum atomic E-state index is 10.5. The molecular formula is C13H18O3. The van der Waals surface area contributed by atoms with Crippen molar-refractivity contribution in [2.45, 2.75) is 39.2 Å². The molecule has 0 aliphatic carbocycles. The Kier molecular flexibility index (Phi) is 4.83. The molecule has 1 unspecified atom stereocenters. The standard InChI is InChI=1S/C13H18O3/c1-3-5-11(4-2)16-13-7-6-10(9-14)8-12(13)15/h6-9,11,15H,3-5H2,1-2H3. The molecule has 1 N–H and O–H groups in total. The number of aldehydes is 1. The number of hydrogen-bond donors (Lipinski definition) is 1. The SMILES string of the molecule is CCCC(CC)Oc1ccc(C=O)cc1O. The number of carbonyl (C=O) groups is 1. The fraction of sp³-hybridized carbons (Fsp3) is 0.462. The van der Waals surface area contributed by atoms with E-state index in [0.717, 1.165) is 19.3 Å². The second-order valence-electron chi connectivity index (χ2n) is 3.78. The molecule has 0 heterocycles. The van der Waals surface area contributed by atoms with Crippen LogP contribution in [0.4, 0.5) is 0 Å². The van der Waals surface area contributed by atoms with Crippen LogP contribution in [0.15, 0.2) is 18.2 Å². The van der Waals surface area contributed by atoms with Crippen LogP contribution in [0.1, 0.15) is 43.5 Å². The van der Waals surface area contributed by atoms with E-state index < -0.39 is 0 Å². The van der Waals surface area contributed by atoms with Crippen molar-refractivity contribution in [2.24, 2.45) is 0 Å². The molecule has 0 bridgehead atoms. The van der Waals surface area contributed by atoms with Crippen LogP contribution in [-0.4, -0.2) is 17.5 Å². The fourth-order valence-electron chi connectivity index (χ4n) is 1.56. The van der Waals surface area contributed by atoms with E-state index >= 15 is 0 Å². The molecule has 0 aliphatic rings. The highest BCUT2D eigenvalue weighted by molar-refractivity contribution is 5.76. The maximum Gasteiger partial charge on any atom is 0.161 e. The van der Waals surface area contributed by atoms with Gasteiger partial charge in [-0.05, 0) is 31.0 Å². The highest BCUT2D eigenvalue weighted by Crippen LogP contribution is 2.28. The van der Waals surface area contributed by atoms with E-state index in [1.54, 1.807) is 12.1 Å². The van der Waals surface area contributed by atoms with E-state index in [-0.39, 0.29) is 11.9 Å². The van der Waals surface area contributed by atoms with Gasteiger partial charge in [-0.15, -0.1) is 0 Å². The number of hydrogen-bond acceptors (Lipinski definition) is 3. The first-order valence-corrected chi connectivity index (χ1v) is 5.66. The van der Waals surface area contributed by atoms with Gasteiger partial charge in [-0.3, -0.25) is 4.79 Å². The lowest BCUT2D eigenvalue weighted by atomic mass is 10.1. The van der Waals surface area contributed by atoms with Gasteiger partial charge in [0, 0.05) is 5.56 Å². The van der Waals surface area contributed by atoms with Crippen LogP contribution in [0.3, 0.4) is 0 Å². The van der Waals surface area contributed by atoms with E-state index in [1.807, 2.05) is 0 Å². The third-order valence-electron chi connectivity index (χ3n) is 2.48. The molecule has 1 aromatic rings. The van der Waals surface area contributed by atoms with E-state index in [4.69, 9.17) is 4.74 Å². The summed E-state index contributed by atoms with van der Waals surface area (Å²) >= 11 is 0. The summed E-state index contributed by atoms with van der Waals surface area (Å²) in [6.07, 6.45) is 3.74. The smallest absolute Gasteiger partial charge is 0.161 e. The van der Waals surface area contributed by atoms with Crippen molar-refractivity contribution in [3.8, 4) is 11.5 Å². The predicted molar refractivity (Wildman–Crippen MR) is 63.1 cm³/mol. The van der Waals surface area contributed by atoms with E-state index in [0.29, 0.717) is 17.6 Å².